The van der Waals surface area contributed by atoms with Crippen LogP contribution in [-0.4, -0.2) is 14.5 Å². The van der Waals surface area contributed by atoms with Gasteiger partial charge in [0.1, 0.15) is 0 Å². The normalized spacial score (nSPS) is 11.7. The summed E-state index contributed by atoms with van der Waals surface area (Å²) in [6.45, 7) is 0. The molecule has 60 heavy (non-hydrogen) atoms. The molecule has 3 heterocycles. The second-order valence-corrected chi connectivity index (χ2v) is 16.4. The molecule has 0 fully saturated rings. The van der Waals surface area contributed by atoms with Gasteiger partial charge in [-0.15, -0.1) is 11.3 Å². The zero-order valence-corrected chi connectivity index (χ0v) is 33.3. The number of thiophene rings is 1. The number of aromatic nitrogens is 3. The lowest BCUT2D eigenvalue weighted by Crippen LogP contribution is -1.97. The number of rotatable bonds is 6. The van der Waals surface area contributed by atoms with Crippen LogP contribution in [-0.2, 0) is 0 Å². The van der Waals surface area contributed by atoms with Crippen molar-refractivity contribution >= 4 is 64.1 Å². The van der Waals surface area contributed by atoms with Crippen LogP contribution in [0, 0.1) is 0 Å². The van der Waals surface area contributed by atoms with Crippen LogP contribution < -0.4 is 0 Å². The van der Waals surface area contributed by atoms with E-state index in [-0.39, 0.29) is 0 Å². The monoisotopic (exact) mass is 781 g/mol. The van der Waals surface area contributed by atoms with Crippen LogP contribution in [0.1, 0.15) is 0 Å². The van der Waals surface area contributed by atoms with E-state index >= 15 is 0 Å². The molecule has 280 valence electrons. The molecule has 0 aliphatic heterocycles. The minimum atomic E-state index is 0.698. The number of hydrogen-bond acceptors (Lipinski definition) is 3. The van der Waals surface area contributed by atoms with Crippen LogP contribution >= 0.6 is 11.3 Å². The molecular weight excluding hydrogens is 747 g/mol. The molecule has 12 rings (SSSR count). The fraction of sp³-hybridized carbons (Fsp3) is 0. The standard InChI is InChI=1S/C56H35N3S/c1-5-15-36(16-6-1)41-27-31-50-46(33-41)53-54(45-24-14-13-23-44(45)52-47-34-42(37-17-7-2-8-18-37)28-32-51(47)60-55(52)53)59(50)43-29-25-40(26-30-43)56-57-48(38-19-9-3-10-20-38)35-49(58-56)39-21-11-4-12-22-39/h1-35H. The van der Waals surface area contributed by atoms with Crippen molar-refractivity contribution in [3.8, 4) is 61.8 Å². The summed E-state index contributed by atoms with van der Waals surface area (Å²) in [6.07, 6.45) is 0. The molecule has 0 amide bonds. The maximum atomic E-state index is 5.13. The largest absolute Gasteiger partial charge is 0.309 e. The highest BCUT2D eigenvalue weighted by molar-refractivity contribution is 7.27. The molecule has 12 aromatic rings. The van der Waals surface area contributed by atoms with Crippen LogP contribution in [0.2, 0.25) is 0 Å². The Hall–Kier alpha value is -7.66. The van der Waals surface area contributed by atoms with Crippen molar-refractivity contribution in [2.45, 2.75) is 0 Å². The molecule has 0 aliphatic rings. The average Bonchev–Trinajstić information content (AvgIpc) is 3.89. The number of fused-ring (bicyclic) bond motifs is 10. The zero-order valence-electron chi connectivity index (χ0n) is 32.5. The van der Waals surface area contributed by atoms with Crippen molar-refractivity contribution in [1.82, 2.24) is 14.5 Å². The molecule has 0 unspecified atom stereocenters. The lowest BCUT2D eigenvalue weighted by Gasteiger charge is -2.13. The molecule has 4 heteroatoms. The van der Waals surface area contributed by atoms with E-state index in [1.165, 1.54) is 75.0 Å². The average molecular weight is 782 g/mol. The fourth-order valence-corrected chi connectivity index (χ4v) is 10.2. The Bertz CT molecular complexity index is 3500. The topological polar surface area (TPSA) is 30.7 Å². The van der Waals surface area contributed by atoms with Gasteiger partial charge >= 0.3 is 0 Å². The second-order valence-electron chi connectivity index (χ2n) is 15.3. The number of nitrogens with zero attached hydrogens (tertiary/aromatic N) is 3. The van der Waals surface area contributed by atoms with Gasteiger partial charge in [-0.3, -0.25) is 0 Å². The Morgan fingerprint density at radius 2 is 0.850 bits per heavy atom. The van der Waals surface area contributed by atoms with Gasteiger partial charge in [0.05, 0.1) is 22.4 Å². The van der Waals surface area contributed by atoms with Crippen LogP contribution in [0.3, 0.4) is 0 Å². The van der Waals surface area contributed by atoms with Crippen LogP contribution in [0.25, 0.3) is 115 Å². The van der Waals surface area contributed by atoms with Crippen molar-refractivity contribution in [2.24, 2.45) is 0 Å². The van der Waals surface area contributed by atoms with Crippen molar-refractivity contribution in [3.63, 3.8) is 0 Å². The van der Waals surface area contributed by atoms with Crippen molar-refractivity contribution < 1.29 is 0 Å². The molecule has 0 bridgehead atoms. The quantitative estimate of drug-likeness (QED) is 0.168. The van der Waals surface area contributed by atoms with Gasteiger partial charge in [-0.25, -0.2) is 9.97 Å². The molecule has 0 saturated heterocycles. The zero-order chi connectivity index (χ0) is 39.6. The Morgan fingerprint density at radius 3 is 1.45 bits per heavy atom. The smallest absolute Gasteiger partial charge is 0.160 e. The molecule has 0 radical (unpaired) electrons. The highest BCUT2D eigenvalue weighted by Gasteiger charge is 2.23. The minimum absolute atomic E-state index is 0.698. The summed E-state index contributed by atoms with van der Waals surface area (Å²) in [5, 5.41) is 7.64. The molecule has 3 aromatic heterocycles. The van der Waals surface area contributed by atoms with Gasteiger partial charge in [0.2, 0.25) is 0 Å². The van der Waals surface area contributed by atoms with E-state index in [0.717, 1.165) is 33.8 Å². The lowest BCUT2D eigenvalue weighted by atomic mass is 9.97. The number of hydrogen-bond donors (Lipinski definition) is 0. The third-order valence-electron chi connectivity index (χ3n) is 11.8. The van der Waals surface area contributed by atoms with Gasteiger partial charge in [-0.1, -0.05) is 158 Å². The van der Waals surface area contributed by atoms with E-state index < -0.39 is 0 Å². The molecule has 0 N–H and O–H groups in total. The van der Waals surface area contributed by atoms with E-state index in [1.807, 2.05) is 23.5 Å². The van der Waals surface area contributed by atoms with Gasteiger partial charge in [0.25, 0.3) is 0 Å². The molecule has 0 aliphatic carbocycles. The lowest BCUT2D eigenvalue weighted by molar-refractivity contribution is 1.17. The van der Waals surface area contributed by atoms with Crippen LogP contribution in [0.5, 0.6) is 0 Å². The first-order chi connectivity index (χ1) is 29.7. The SMILES string of the molecule is c1ccc(-c2ccc3sc4c(c3c2)c2ccccc2c2c4c3cc(-c4ccccc4)ccc3n2-c2ccc(-c3nc(-c4ccccc4)cc(-c4ccccc4)n3)cc2)cc1. The maximum Gasteiger partial charge on any atom is 0.160 e. The highest BCUT2D eigenvalue weighted by atomic mass is 32.1. The maximum absolute atomic E-state index is 5.13. The minimum Gasteiger partial charge on any atom is -0.309 e. The van der Waals surface area contributed by atoms with Crippen molar-refractivity contribution in [2.75, 3.05) is 0 Å². The Labute approximate surface area is 351 Å². The van der Waals surface area contributed by atoms with Crippen molar-refractivity contribution in [3.05, 3.63) is 212 Å². The predicted octanol–water partition coefficient (Wildman–Crippen LogP) is 15.4. The van der Waals surface area contributed by atoms with E-state index in [0.29, 0.717) is 5.82 Å². The third-order valence-corrected chi connectivity index (χ3v) is 13.0. The van der Waals surface area contributed by atoms with Crippen LogP contribution in [0.15, 0.2) is 212 Å². The summed E-state index contributed by atoms with van der Waals surface area (Å²) in [7, 11) is 0. The number of benzene rings is 9. The van der Waals surface area contributed by atoms with E-state index in [9.17, 15) is 0 Å². The van der Waals surface area contributed by atoms with Crippen LogP contribution in [0.4, 0.5) is 0 Å². The second kappa shape index (κ2) is 14.0. The molecule has 0 atom stereocenters. The predicted molar refractivity (Wildman–Crippen MR) is 254 cm³/mol. The molecule has 3 nitrogen and oxygen atoms in total. The summed E-state index contributed by atoms with van der Waals surface area (Å²) in [5.74, 6) is 0.698. The first-order valence-corrected chi connectivity index (χ1v) is 21.1. The van der Waals surface area contributed by atoms with Gasteiger partial charge in [-0.05, 0) is 82.2 Å². The Balaban J connectivity index is 1.11. The van der Waals surface area contributed by atoms with E-state index in [4.69, 9.17) is 9.97 Å². The third kappa shape index (κ3) is 5.65. The fourth-order valence-electron chi connectivity index (χ4n) is 8.96. The molecule has 0 spiro atoms. The summed E-state index contributed by atoms with van der Waals surface area (Å²) < 4.78 is 5.08. The molecule has 9 aromatic carbocycles. The first-order valence-electron chi connectivity index (χ1n) is 20.3. The van der Waals surface area contributed by atoms with Gasteiger partial charge in [0.15, 0.2) is 5.82 Å². The summed E-state index contributed by atoms with van der Waals surface area (Å²) in [6, 6.07) is 76.0. The van der Waals surface area contributed by atoms with Gasteiger partial charge < -0.3 is 4.57 Å². The highest BCUT2D eigenvalue weighted by Crippen LogP contribution is 2.49. The van der Waals surface area contributed by atoms with Gasteiger partial charge in [-0.2, -0.15) is 0 Å². The Morgan fingerprint density at radius 1 is 0.350 bits per heavy atom. The summed E-state index contributed by atoms with van der Waals surface area (Å²) in [5.41, 5.74) is 13.2. The summed E-state index contributed by atoms with van der Waals surface area (Å²) >= 11 is 1.90. The van der Waals surface area contributed by atoms with Crippen molar-refractivity contribution in [1.29, 1.82) is 0 Å². The summed E-state index contributed by atoms with van der Waals surface area (Å²) in [4.78, 5) is 10.3. The Kier molecular flexibility index (Phi) is 8.03. The molecular formula is C56H35N3S. The first kappa shape index (κ1) is 34.4. The van der Waals surface area contributed by atoms with E-state index in [1.54, 1.807) is 0 Å². The molecule has 0 saturated carbocycles. The van der Waals surface area contributed by atoms with Gasteiger partial charge in [0, 0.05) is 58.7 Å². The van der Waals surface area contributed by atoms with E-state index in [2.05, 4.69) is 205 Å².